The number of carbonyl (C=O) groups is 3. The number of hydrogen-bond acceptors (Lipinski definition) is 5. The van der Waals surface area contributed by atoms with Gasteiger partial charge in [0.05, 0.1) is 6.54 Å². The van der Waals surface area contributed by atoms with E-state index in [2.05, 4.69) is 34.9 Å². The Morgan fingerprint density at radius 1 is 1.20 bits per heavy atom. The highest BCUT2D eigenvalue weighted by molar-refractivity contribution is 5.88. The average Bonchev–Trinajstić information content (AvgIpc) is 2.74. The second-order valence-electron chi connectivity index (χ2n) is 7.91. The number of carboxylic acid groups (broad SMARTS) is 1. The molecule has 8 nitrogen and oxygen atoms in total. The van der Waals surface area contributed by atoms with Crippen LogP contribution in [0.2, 0.25) is 0 Å². The summed E-state index contributed by atoms with van der Waals surface area (Å²) in [4.78, 5) is 35.4. The summed E-state index contributed by atoms with van der Waals surface area (Å²) >= 11 is 0. The minimum atomic E-state index is -1.21. The molecule has 0 aromatic heterocycles. The molecule has 0 fully saturated rings. The first-order valence-electron chi connectivity index (χ1n) is 10.6. The Hall–Kier alpha value is -2.45. The molecule has 3 atom stereocenters. The monoisotopic (exact) mass is 419 g/mol. The van der Waals surface area contributed by atoms with E-state index in [9.17, 15) is 14.4 Å². The number of hydrogen-bond donors (Lipinski definition) is 5. The van der Waals surface area contributed by atoms with Crippen LogP contribution in [0.25, 0.3) is 0 Å². The minimum Gasteiger partial charge on any atom is -0.481 e. The van der Waals surface area contributed by atoms with Gasteiger partial charge in [0.15, 0.2) is 0 Å². The Balaban J connectivity index is 1.79. The van der Waals surface area contributed by atoms with Crippen molar-refractivity contribution in [2.24, 2.45) is 11.7 Å². The van der Waals surface area contributed by atoms with E-state index in [1.54, 1.807) is 0 Å². The second kappa shape index (κ2) is 12.3. The number of aliphatic hydroxyl groups excluding tert-OH is 1. The quantitative estimate of drug-likeness (QED) is 0.321. The molecule has 166 valence electrons. The van der Waals surface area contributed by atoms with Gasteiger partial charge >= 0.3 is 5.97 Å². The third-order valence-corrected chi connectivity index (χ3v) is 5.45. The summed E-state index contributed by atoms with van der Waals surface area (Å²) in [7, 11) is 0. The number of carbonyl (C=O) groups excluding carboxylic acids is 2. The lowest BCUT2D eigenvalue weighted by molar-refractivity contribution is -0.138. The number of nitrogens with two attached hydrogens (primary N) is 1. The molecule has 2 aliphatic carbocycles. The fraction of sp³-hybridized carbons (Fsp3) is 0.591. The van der Waals surface area contributed by atoms with E-state index in [-0.39, 0.29) is 31.7 Å². The number of carboxylic acids is 1. The standard InChI is InChI=1S/C22H33N3O5/c23-19(26)14-24-22(30)18(11-13-21(28)29)25-20(27)12-8-15-6-9-17(10-7-15)16-4-2-1-3-5-16/h2,4-5,9,15,18-19,26H,1,3,6-8,10-14,23H2,(H,24,30)(H,25,27)(H,28,29). The molecular formula is C22H33N3O5. The average molecular weight is 420 g/mol. The van der Waals surface area contributed by atoms with Gasteiger partial charge in [-0.05, 0) is 62.0 Å². The predicted molar refractivity (Wildman–Crippen MR) is 113 cm³/mol. The second-order valence-corrected chi connectivity index (χ2v) is 7.91. The van der Waals surface area contributed by atoms with E-state index < -0.39 is 24.1 Å². The number of aliphatic carboxylic acids is 1. The lowest BCUT2D eigenvalue weighted by atomic mass is 9.83. The molecule has 0 saturated carbocycles. The van der Waals surface area contributed by atoms with Gasteiger partial charge in [0.25, 0.3) is 0 Å². The van der Waals surface area contributed by atoms with E-state index in [0.717, 1.165) is 38.5 Å². The summed E-state index contributed by atoms with van der Waals surface area (Å²) in [5.41, 5.74) is 7.91. The molecule has 2 amide bonds. The van der Waals surface area contributed by atoms with Gasteiger partial charge in [0.1, 0.15) is 12.3 Å². The number of aliphatic hydroxyl groups is 1. The van der Waals surface area contributed by atoms with Crippen molar-refractivity contribution in [3.05, 3.63) is 35.5 Å². The zero-order chi connectivity index (χ0) is 21.9. The Bertz CT molecular complexity index is 712. The fourth-order valence-electron chi connectivity index (χ4n) is 3.73. The van der Waals surface area contributed by atoms with Crippen molar-refractivity contribution in [1.29, 1.82) is 0 Å². The van der Waals surface area contributed by atoms with Crippen LogP contribution in [0.4, 0.5) is 0 Å². The fourth-order valence-corrected chi connectivity index (χ4v) is 3.73. The Morgan fingerprint density at radius 2 is 2.00 bits per heavy atom. The topological polar surface area (TPSA) is 142 Å². The summed E-state index contributed by atoms with van der Waals surface area (Å²) in [6, 6.07) is -0.963. The highest BCUT2D eigenvalue weighted by Crippen LogP contribution is 2.32. The molecule has 2 rings (SSSR count). The lowest BCUT2D eigenvalue weighted by Crippen LogP contribution is -2.49. The van der Waals surface area contributed by atoms with E-state index in [1.807, 2.05) is 0 Å². The summed E-state index contributed by atoms with van der Waals surface area (Å²) in [5, 5.41) is 23.0. The van der Waals surface area contributed by atoms with Crippen molar-refractivity contribution in [2.75, 3.05) is 6.54 Å². The van der Waals surface area contributed by atoms with Crippen molar-refractivity contribution in [3.8, 4) is 0 Å². The van der Waals surface area contributed by atoms with Crippen LogP contribution in [0.1, 0.15) is 57.8 Å². The molecule has 0 spiro atoms. The Morgan fingerprint density at radius 3 is 2.60 bits per heavy atom. The van der Waals surface area contributed by atoms with E-state index in [1.165, 1.54) is 11.1 Å². The van der Waals surface area contributed by atoms with Gasteiger partial charge in [0.2, 0.25) is 11.8 Å². The molecule has 0 bridgehead atoms. The first-order valence-corrected chi connectivity index (χ1v) is 10.6. The largest absolute Gasteiger partial charge is 0.481 e. The Kier molecular flexibility index (Phi) is 9.76. The molecular weight excluding hydrogens is 386 g/mol. The smallest absolute Gasteiger partial charge is 0.303 e. The van der Waals surface area contributed by atoms with Crippen LogP contribution in [-0.4, -0.2) is 46.8 Å². The molecule has 0 aromatic rings. The normalized spacial score (nSPS) is 20.5. The van der Waals surface area contributed by atoms with Crippen LogP contribution in [0.3, 0.4) is 0 Å². The van der Waals surface area contributed by atoms with Crippen LogP contribution in [0.5, 0.6) is 0 Å². The molecule has 8 heteroatoms. The minimum absolute atomic E-state index is 0.0221. The maximum atomic E-state index is 12.3. The molecule has 0 radical (unpaired) electrons. The highest BCUT2D eigenvalue weighted by Gasteiger charge is 2.23. The molecule has 30 heavy (non-hydrogen) atoms. The molecule has 0 aliphatic heterocycles. The maximum absolute atomic E-state index is 12.3. The zero-order valence-corrected chi connectivity index (χ0v) is 17.3. The van der Waals surface area contributed by atoms with Crippen molar-refractivity contribution in [2.45, 2.75) is 70.1 Å². The number of amides is 2. The Labute approximate surface area is 177 Å². The molecule has 6 N–H and O–H groups in total. The number of allylic oxidation sites excluding steroid dienone is 6. The van der Waals surface area contributed by atoms with E-state index in [4.69, 9.17) is 15.9 Å². The van der Waals surface area contributed by atoms with Crippen molar-refractivity contribution in [1.82, 2.24) is 10.6 Å². The molecule has 0 heterocycles. The van der Waals surface area contributed by atoms with Crippen molar-refractivity contribution < 1.29 is 24.6 Å². The third kappa shape index (κ3) is 8.51. The molecule has 0 saturated heterocycles. The maximum Gasteiger partial charge on any atom is 0.303 e. The first kappa shape index (κ1) is 23.8. The lowest BCUT2D eigenvalue weighted by Gasteiger charge is -2.24. The van der Waals surface area contributed by atoms with Crippen LogP contribution in [0.15, 0.2) is 35.5 Å². The van der Waals surface area contributed by atoms with Crippen molar-refractivity contribution >= 4 is 17.8 Å². The number of nitrogens with one attached hydrogen (secondary N) is 2. The van der Waals surface area contributed by atoms with Gasteiger partial charge in [0, 0.05) is 12.8 Å². The van der Waals surface area contributed by atoms with Gasteiger partial charge in [-0.15, -0.1) is 0 Å². The zero-order valence-electron chi connectivity index (χ0n) is 17.3. The SMILES string of the molecule is NC(O)CNC(=O)C(CCC(=O)O)NC(=O)CCC1CC=C(C2=CCCC=C2)CC1. The summed E-state index contributed by atoms with van der Waals surface area (Å²) < 4.78 is 0. The van der Waals surface area contributed by atoms with E-state index >= 15 is 0 Å². The van der Waals surface area contributed by atoms with Crippen LogP contribution >= 0.6 is 0 Å². The molecule has 3 unspecified atom stereocenters. The molecule has 0 aromatic carbocycles. The summed E-state index contributed by atoms with van der Waals surface area (Å²) in [6.07, 6.45) is 13.6. The summed E-state index contributed by atoms with van der Waals surface area (Å²) in [5.74, 6) is -1.45. The summed E-state index contributed by atoms with van der Waals surface area (Å²) in [6.45, 7) is -0.166. The van der Waals surface area contributed by atoms with Crippen LogP contribution < -0.4 is 16.4 Å². The van der Waals surface area contributed by atoms with Gasteiger partial charge in [-0.2, -0.15) is 0 Å². The van der Waals surface area contributed by atoms with Gasteiger partial charge in [-0.3, -0.25) is 14.4 Å². The number of rotatable bonds is 11. The predicted octanol–water partition coefficient (Wildman–Crippen LogP) is 1.51. The van der Waals surface area contributed by atoms with Gasteiger partial charge in [-0.1, -0.05) is 24.3 Å². The third-order valence-electron chi connectivity index (χ3n) is 5.45. The van der Waals surface area contributed by atoms with Crippen LogP contribution in [-0.2, 0) is 14.4 Å². The first-order chi connectivity index (χ1) is 14.3. The van der Waals surface area contributed by atoms with Gasteiger partial charge < -0.3 is 26.6 Å². The highest BCUT2D eigenvalue weighted by atomic mass is 16.4. The van der Waals surface area contributed by atoms with Gasteiger partial charge in [-0.25, -0.2) is 0 Å². The van der Waals surface area contributed by atoms with E-state index in [0.29, 0.717) is 5.92 Å². The van der Waals surface area contributed by atoms with Crippen molar-refractivity contribution in [3.63, 3.8) is 0 Å². The molecule has 2 aliphatic rings. The van der Waals surface area contributed by atoms with Crippen LogP contribution in [0, 0.1) is 5.92 Å².